The molecule has 4 nitrogen and oxygen atoms in total. The van der Waals surface area contributed by atoms with Crippen molar-refractivity contribution in [2.45, 2.75) is 6.42 Å². The smallest absolute Gasteiger partial charge is 0.277 e. The van der Waals surface area contributed by atoms with Gasteiger partial charge in [0.2, 0.25) is 0 Å². The number of fused-ring (bicyclic) bond motifs is 1. The van der Waals surface area contributed by atoms with Gasteiger partial charge in [-0.05, 0) is 12.1 Å². The van der Waals surface area contributed by atoms with E-state index in [1.165, 1.54) is 6.07 Å². The Labute approximate surface area is 104 Å². The summed E-state index contributed by atoms with van der Waals surface area (Å²) in [5, 5.41) is 12.2. The summed E-state index contributed by atoms with van der Waals surface area (Å²) in [4.78, 5) is 10.5. The normalized spacial score (nSPS) is 9.94. The summed E-state index contributed by atoms with van der Waals surface area (Å²) < 4.78 is 5.53. The maximum absolute atomic E-state index is 10.9. The molecule has 0 unspecified atom stereocenters. The molecule has 0 bridgehead atoms. The molecule has 0 atom stereocenters. The van der Waals surface area contributed by atoms with Gasteiger partial charge < -0.3 is 4.74 Å². The molecule has 0 saturated carbocycles. The molecule has 0 aliphatic rings. The Bertz CT molecular complexity index is 628. The van der Waals surface area contributed by atoms with Crippen molar-refractivity contribution in [3.63, 3.8) is 0 Å². The average molecular weight is 241 g/mol. The van der Waals surface area contributed by atoms with Gasteiger partial charge in [0.1, 0.15) is 5.75 Å². The molecule has 2 aromatic rings. The first-order valence-electron chi connectivity index (χ1n) is 5.46. The lowest BCUT2D eigenvalue weighted by molar-refractivity contribution is -0.383. The van der Waals surface area contributed by atoms with Crippen LogP contribution in [0.15, 0.2) is 36.4 Å². The van der Waals surface area contributed by atoms with Crippen LogP contribution in [-0.4, -0.2) is 11.5 Å². The minimum absolute atomic E-state index is 0.0786. The fraction of sp³-hybridized carbons (Fsp3) is 0.143. The van der Waals surface area contributed by atoms with E-state index < -0.39 is 4.92 Å². The van der Waals surface area contributed by atoms with Crippen molar-refractivity contribution < 1.29 is 9.66 Å². The van der Waals surface area contributed by atoms with Gasteiger partial charge in [0, 0.05) is 17.9 Å². The molecule has 18 heavy (non-hydrogen) atoms. The van der Waals surface area contributed by atoms with Crippen LogP contribution < -0.4 is 4.74 Å². The topological polar surface area (TPSA) is 52.4 Å². The van der Waals surface area contributed by atoms with Crippen LogP contribution in [-0.2, 0) is 0 Å². The van der Waals surface area contributed by atoms with Crippen molar-refractivity contribution in [2.75, 3.05) is 6.61 Å². The van der Waals surface area contributed by atoms with E-state index in [1.807, 2.05) is 6.07 Å². The third kappa shape index (κ3) is 2.25. The van der Waals surface area contributed by atoms with Gasteiger partial charge in [-0.15, -0.1) is 12.3 Å². The summed E-state index contributed by atoms with van der Waals surface area (Å²) in [6.45, 7) is 0.401. The number of nitro groups is 1. The maximum atomic E-state index is 10.9. The number of rotatable bonds is 4. The third-order valence-corrected chi connectivity index (χ3v) is 2.56. The second kappa shape index (κ2) is 5.19. The maximum Gasteiger partial charge on any atom is 0.277 e. The van der Waals surface area contributed by atoms with Gasteiger partial charge in [0.25, 0.3) is 5.69 Å². The van der Waals surface area contributed by atoms with Gasteiger partial charge in [-0.2, -0.15) is 0 Å². The first-order valence-corrected chi connectivity index (χ1v) is 5.46. The third-order valence-electron chi connectivity index (χ3n) is 2.56. The van der Waals surface area contributed by atoms with E-state index in [4.69, 9.17) is 11.2 Å². The molecule has 0 fully saturated rings. The van der Waals surface area contributed by atoms with E-state index in [2.05, 4.69) is 5.92 Å². The minimum Gasteiger partial charge on any atom is -0.492 e. The molecule has 0 N–H and O–H groups in total. The highest BCUT2D eigenvalue weighted by Crippen LogP contribution is 2.32. The second-order valence-electron chi connectivity index (χ2n) is 3.69. The van der Waals surface area contributed by atoms with Crippen molar-refractivity contribution in [2.24, 2.45) is 0 Å². The number of hydrogen-bond donors (Lipinski definition) is 0. The van der Waals surface area contributed by atoms with Gasteiger partial charge in [-0.3, -0.25) is 10.1 Å². The zero-order valence-corrected chi connectivity index (χ0v) is 9.63. The predicted molar refractivity (Wildman–Crippen MR) is 69.5 cm³/mol. The number of non-ortho nitro benzene ring substituents is 1. The lowest BCUT2D eigenvalue weighted by atomic mass is 10.1. The van der Waals surface area contributed by atoms with Crippen LogP contribution in [0.25, 0.3) is 10.8 Å². The molecule has 0 heterocycles. The Morgan fingerprint density at radius 1 is 1.22 bits per heavy atom. The standard InChI is InChI=1S/C14H11NO3/c1-2-3-10-18-14-9-8-13(15(16)17)11-6-4-5-7-12(11)14/h1,4-9H,3,10H2. The van der Waals surface area contributed by atoms with E-state index in [1.54, 1.807) is 24.3 Å². The van der Waals surface area contributed by atoms with Gasteiger partial charge in [-0.25, -0.2) is 0 Å². The molecule has 0 saturated heterocycles. The molecule has 2 aromatic carbocycles. The lowest BCUT2D eigenvalue weighted by Crippen LogP contribution is -1.97. The van der Waals surface area contributed by atoms with Gasteiger partial charge in [0.05, 0.1) is 16.9 Å². The van der Waals surface area contributed by atoms with Gasteiger partial charge in [0.15, 0.2) is 0 Å². The number of nitro benzene ring substituents is 1. The molecule has 0 spiro atoms. The fourth-order valence-electron chi connectivity index (χ4n) is 1.76. The molecule has 0 aliphatic heterocycles. The van der Waals surface area contributed by atoms with Crippen LogP contribution in [0, 0.1) is 22.5 Å². The van der Waals surface area contributed by atoms with Crippen LogP contribution >= 0.6 is 0 Å². The van der Waals surface area contributed by atoms with Crippen LogP contribution in [0.5, 0.6) is 5.75 Å². The highest BCUT2D eigenvalue weighted by molar-refractivity contribution is 5.95. The number of benzene rings is 2. The summed E-state index contributed by atoms with van der Waals surface area (Å²) in [6.07, 6.45) is 5.66. The van der Waals surface area contributed by atoms with E-state index in [9.17, 15) is 10.1 Å². The summed E-state index contributed by atoms with van der Waals surface area (Å²) in [6, 6.07) is 10.2. The summed E-state index contributed by atoms with van der Waals surface area (Å²) in [5.74, 6) is 3.10. The Hall–Kier alpha value is -2.54. The van der Waals surface area contributed by atoms with Crippen molar-refractivity contribution in [3.05, 3.63) is 46.5 Å². The molecule has 4 heteroatoms. The molecular weight excluding hydrogens is 230 g/mol. The van der Waals surface area contributed by atoms with Crippen molar-refractivity contribution in [1.29, 1.82) is 0 Å². The number of nitrogens with zero attached hydrogens (tertiary/aromatic N) is 1. The molecule has 2 rings (SSSR count). The number of terminal acetylenes is 1. The highest BCUT2D eigenvalue weighted by Gasteiger charge is 2.14. The van der Waals surface area contributed by atoms with Gasteiger partial charge >= 0.3 is 0 Å². The molecule has 90 valence electrons. The summed E-state index contributed by atoms with van der Waals surface area (Å²) in [7, 11) is 0. The van der Waals surface area contributed by atoms with E-state index in [0.717, 1.165) is 5.39 Å². The van der Waals surface area contributed by atoms with Crippen molar-refractivity contribution >= 4 is 16.5 Å². The van der Waals surface area contributed by atoms with Crippen LogP contribution in [0.1, 0.15) is 6.42 Å². The highest BCUT2D eigenvalue weighted by atomic mass is 16.6. The molecule has 0 aromatic heterocycles. The Kier molecular flexibility index (Phi) is 3.44. The van der Waals surface area contributed by atoms with Crippen LogP contribution in [0.4, 0.5) is 5.69 Å². The monoisotopic (exact) mass is 241 g/mol. The van der Waals surface area contributed by atoms with Crippen molar-refractivity contribution in [1.82, 2.24) is 0 Å². The van der Waals surface area contributed by atoms with E-state index in [-0.39, 0.29) is 5.69 Å². The predicted octanol–water partition coefficient (Wildman–Crippen LogP) is 3.15. The Balaban J connectivity index is 2.48. The van der Waals surface area contributed by atoms with Crippen molar-refractivity contribution in [3.8, 4) is 18.1 Å². The Morgan fingerprint density at radius 2 is 1.94 bits per heavy atom. The fourth-order valence-corrected chi connectivity index (χ4v) is 1.76. The first kappa shape index (κ1) is 11.9. The zero-order chi connectivity index (χ0) is 13.0. The average Bonchev–Trinajstić information content (AvgIpc) is 2.38. The van der Waals surface area contributed by atoms with E-state index >= 15 is 0 Å². The number of hydrogen-bond acceptors (Lipinski definition) is 3. The Morgan fingerprint density at radius 3 is 2.61 bits per heavy atom. The molecule has 0 aliphatic carbocycles. The van der Waals surface area contributed by atoms with Crippen LogP contribution in [0.2, 0.25) is 0 Å². The SMILES string of the molecule is C#CCCOc1ccc([N+](=O)[O-])c2ccccc12. The zero-order valence-electron chi connectivity index (χ0n) is 9.63. The van der Waals surface area contributed by atoms with E-state index in [0.29, 0.717) is 24.2 Å². The van der Waals surface area contributed by atoms with Crippen LogP contribution in [0.3, 0.4) is 0 Å². The number of ether oxygens (including phenoxy) is 1. The lowest BCUT2D eigenvalue weighted by Gasteiger charge is -2.08. The summed E-state index contributed by atoms with van der Waals surface area (Å²) in [5.41, 5.74) is 0.0786. The summed E-state index contributed by atoms with van der Waals surface area (Å²) >= 11 is 0. The van der Waals surface area contributed by atoms with Gasteiger partial charge in [-0.1, -0.05) is 18.2 Å². The molecule has 0 amide bonds. The quantitative estimate of drug-likeness (QED) is 0.357. The molecular formula is C14H11NO3. The first-order chi connectivity index (χ1) is 8.74. The largest absolute Gasteiger partial charge is 0.492 e. The second-order valence-corrected chi connectivity index (χ2v) is 3.69. The minimum atomic E-state index is -0.395. The molecule has 0 radical (unpaired) electrons.